The maximum absolute atomic E-state index is 11.7. The number of hydrogen-bond donors (Lipinski definition) is 1. The summed E-state index contributed by atoms with van der Waals surface area (Å²) in [6.45, 7) is 3.67. The third-order valence-electron chi connectivity index (χ3n) is 2.56. The fourth-order valence-corrected chi connectivity index (χ4v) is 1.54. The molecule has 0 aromatic carbocycles. The summed E-state index contributed by atoms with van der Waals surface area (Å²) in [5, 5.41) is 3.02. The van der Waals surface area contributed by atoms with E-state index in [1.807, 2.05) is 7.05 Å². The van der Waals surface area contributed by atoms with Crippen molar-refractivity contribution in [3.8, 4) is 0 Å². The molecular weight excluding hydrogens is 190 g/mol. The van der Waals surface area contributed by atoms with Crippen LogP contribution in [-0.2, 0) is 9.59 Å². The molecule has 88 valence electrons. The van der Waals surface area contributed by atoms with Crippen molar-refractivity contribution in [3.05, 3.63) is 0 Å². The number of rotatable bonds is 9. The Kier molecular flexibility index (Phi) is 8.19. The first kappa shape index (κ1) is 14.3. The van der Waals surface area contributed by atoms with Crippen LogP contribution in [0.5, 0.6) is 0 Å². The highest BCUT2D eigenvalue weighted by Crippen LogP contribution is 2.07. The van der Waals surface area contributed by atoms with Crippen molar-refractivity contribution in [1.29, 1.82) is 0 Å². The number of unbranched alkanes of at least 4 members (excludes halogenated alkanes) is 2. The van der Waals surface area contributed by atoms with Crippen LogP contribution in [0.4, 0.5) is 0 Å². The molecule has 0 radical (unpaired) electrons. The Morgan fingerprint density at radius 2 is 1.87 bits per heavy atom. The lowest BCUT2D eigenvalue weighted by Gasteiger charge is -2.14. The summed E-state index contributed by atoms with van der Waals surface area (Å²) < 4.78 is 0. The van der Waals surface area contributed by atoms with Crippen LogP contribution in [0.3, 0.4) is 0 Å². The van der Waals surface area contributed by atoms with Crippen molar-refractivity contribution < 1.29 is 9.59 Å². The Morgan fingerprint density at radius 3 is 2.33 bits per heavy atom. The molecule has 0 saturated carbocycles. The van der Waals surface area contributed by atoms with E-state index in [1.54, 1.807) is 0 Å². The van der Waals surface area contributed by atoms with Crippen molar-refractivity contribution in [2.75, 3.05) is 7.05 Å². The molecular formula is C12H23NO2. The van der Waals surface area contributed by atoms with Crippen molar-refractivity contribution in [3.63, 3.8) is 0 Å². The number of nitrogens with one attached hydrogen (secondary N) is 1. The molecule has 0 aliphatic rings. The highest BCUT2D eigenvalue weighted by atomic mass is 16.1. The second-order valence-electron chi connectivity index (χ2n) is 4.01. The van der Waals surface area contributed by atoms with Gasteiger partial charge in [0.15, 0.2) is 0 Å². The Balaban J connectivity index is 3.82. The van der Waals surface area contributed by atoms with Gasteiger partial charge in [0.1, 0.15) is 11.6 Å². The van der Waals surface area contributed by atoms with Crippen LogP contribution in [-0.4, -0.2) is 24.7 Å². The fraction of sp³-hybridized carbons (Fsp3) is 0.833. The number of ketones is 2. The highest BCUT2D eigenvalue weighted by molar-refractivity contribution is 5.88. The van der Waals surface area contributed by atoms with Gasteiger partial charge in [0, 0.05) is 12.8 Å². The quantitative estimate of drug-likeness (QED) is 0.597. The number of hydrogen-bond acceptors (Lipinski definition) is 3. The molecule has 0 heterocycles. The normalized spacial score (nSPS) is 12.5. The molecule has 0 fully saturated rings. The van der Waals surface area contributed by atoms with E-state index in [9.17, 15) is 9.59 Å². The minimum Gasteiger partial charge on any atom is -0.311 e. The first-order valence-corrected chi connectivity index (χ1v) is 5.81. The molecule has 0 aromatic heterocycles. The maximum atomic E-state index is 11.7. The van der Waals surface area contributed by atoms with Crippen LogP contribution in [0.15, 0.2) is 0 Å². The van der Waals surface area contributed by atoms with E-state index < -0.39 is 0 Å². The van der Waals surface area contributed by atoms with E-state index in [4.69, 9.17) is 0 Å². The summed E-state index contributed by atoms with van der Waals surface area (Å²) in [6.07, 6.45) is 5.06. The predicted molar refractivity (Wildman–Crippen MR) is 61.9 cm³/mol. The van der Waals surface area contributed by atoms with Gasteiger partial charge < -0.3 is 10.1 Å². The summed E-state index contributed by atoms with van der Waals surface area (Å²) in [5.74, 6) is 0.260. The van der Waals surface area contributed by atoms with Crippen molar-refractivity contribution in [1.82, 2.24) is 5.32 Å². The average Bonchev–Trinajstić information content (AvgIpc) is 2.21. The van der Waals surface area contributed by atoms with Gasteiger partial charge in [-0.15, -0.1) is 0 Å². The molecule has 3 nitrogen and oxygen atoms in total. The van der Waals surface area contributed by atoms with Crippen LogP contribution in [0, 0.1) is 0 Å². The van der Waals surface area contributed by atoms with E-state index >= 15 is 0 Å². The van der Waals surface area contributed by atoms with Crippen LogP contribution in [0.1, 0.15) is 52.4 Å². The third-order valence-corrected chi connectivity index (χ3v) is 2.56. The van der Waals surface area contributed by atoms with E-state index in [0.29, 0.717) is 12.8 Å². The van der Waals surface area contributed by atoms with E-state index in [0.717, 1.165) is 25.7 Å². The molecule has 0 rings (SSSR count). The van der Waals surface area contributed by atoms with Crippen LogP contribution in [0.2, 0.25) is 0 Å². The van der Waals surface area contributed by atoms with Gasteiger partial charge in [-0.3, -0.25) is 4.79 Å². The zero-order valence-electron chi connectivity index (χ0n) is 10.1. The first-order valence-electron chi connectivity index (χ1n) is 5.81. The summed E-state index contributed by atoms with van der Waals surface area (Å²) >= 11 is 0. The zero-order chi connectivity index (χ0) is 11.7. The molecule has 1 N–H and O–H groups in total. The lowest BCUT2D eigenvalue weighted by Crippen LogP contribution is -2.34. The molecule has 0 saturated heterocycles. The van der Waals surface area contributed by atoms with Gasteiger partial charge in [-0.1, -0.05) is 26.2 Å². The van der Waals surface area contributed by atoms with Crippen LogP contribution >= 0.6 is 0 Å². The molecule has 0 aromatic rings. The van der Waals surface area contributed by atoms with Gasteiger partial charge in [0.25, 0.3) is 0 Å². The molecule has 1 unspecified atom stereocenters. The van der Waals surface area contributed by atoms with Gasteiger partial charge in [-0.25, -0.2) is 0 Å². The SMILES string of the molecule is CCCCCC(NC)C(=O)CCC(C)=O. The van der Waals surface area contributed by atoms with Gasteiger partial charge in [-0.05, 0) is 20.4 Å². The van der Waals surface area contributed by atoms with Crippen LogP contribution in [0.25, 0.3) is 0 Å². The average molecular weight is 213 g/mol. The summed E-state index contributed by atoms with van der Waals surface area (Å²) in [7, 11) is 1.81. The fourth-order valence-electron chi connectivity index (χ4n) is 1.54. The van der Waals surface area contributed by atoms with Gasteiger partial charge in [0.05, 0.1) is 6.04 Å². The summed E-state index contributed by atoms with van der Waals surface area (Å²) in [6, 6.07) is -0.0594. The Labute approximate surface area is 92.6 Å². The lowest BCUT2D eigenvalue weighted by atomic mass is 10.0. The Morgan fingerprint density at radius 1 is 1.20 bits per heavy atom. The second kappa shape index (κ2) is 8.60. The van der Waals surface area contributed by atoms with Crippen LogP contribution < -0.4 is 5.32 Å². The smallest absolute Gasteiger partial charge is 0.150 e. The molecule has 0 aliphatic heterocycles. The molecule has 0 spiro atoms. The second-order valence-corrected chi connectivity index (χ2v) is 4.01. The maximum Gasteiger partial charge on any atom is 0.150 e. The molecule has 15 heavy (non-hydrogen) atoms. The minimum absolute atomic E-state index is 0.0594. The van der Waals surface area contributed by atoms with E-state index in [1.165, 1.54) is 6.92 Å². The Hall–Kier alpha value is -0.700. The molecule has 0 bridgehead atoms. The van der Waals surface area contributed by atoms with Crippen molar-refractivity contribution in [2.45, 2.75) is 58.4 Å². The predicted octanol–water partition coefficient (Wildman–Crippen LogP) is 2.09. The zero-order valence-corrected chi connectivity index (χ0v) is 10.1. The van der Waals surface area contributed by atoms with Crippen molar-refractivity contribution in [2.24, 2.45) is 0 Å². The number of carbonyl (C=O) groups is 2. The van der Waals surface area contributed by atoms with Gasteiger partial charge in [0.2, 0.25) is 0 Å². The number of likely N-dealkylation sites (N-methyl/N-ethyl adjacent to an activating group) is 1. The number of carbonyl (C=O) groups excluding carboxylic acids is 2. The monoisotopic (exact) mass is 213 g/mol. The van der Waals surface area contributed by atoms with E-state index in [2.05, 4.69) is 12.2 Å². The minimum atomic E-state index is -0.0594. The van der Waals surface area contributed by atoms with Gasteiger partial charge >= 0.3 is 0 Å². The third kappa shape index (κ3) is 7.25. The molecule has 0 amide bonds. The van der Waals surface area contributed by atoms with Gasteiger partial charge in [-0.2, -0.15) is 0 Å². The molecule has 0 aliphatic carbocycles. The highest BCUT2D eigenvalue weighted by Gasteiger charge is 2.15. The number of Topliss-reactive ketones (excluding diaryl/α,β-unsaturated/α-hetero) is 2. The molecule has 3 heteroatoms. The summed E-state index contributed by atoms with van der Waals surface area (Å²) in [5.41, 5.74) is 0. The summed E-state index contributed by atoms with van der Waals surface area (Å²) in [4.78, 5) is 22.4. The first-order chi connectivity index (χ1) is 7.11. The van der Waals surface area contributed by atoms with Crippen molar-refractivity contribution >= 4 is 11.6 Å². The topological polar surface area (TPSA) is 46.2 Å². The molecule has 1 atom stereocenters. The standard InChI is InChI=1S/C12H23NO2/c1-4-5-6-7-11(13-3)12(15)9-8-10(2)14/h11,13H,4-9H2,1-3H3. The lowest BCUT2D eigenvalue weighted by molar-refractivity contribution is -0.124. The largest absolute Gasteiger partial charge is 0.311 e. The Bertz CT molecular complexity index is 202. The van der Waals surface area contributed by atoms with E-state index in [-0.39, 0.29) is 17.6 Å².